The van der Waals surface area contributed by atoms with E-state index < -0.39 is 0 Å². The van der Waals surface area contributed by atoms with Gasteiger partial charge in [-0.1, -0.05) is 19.3 Å². The van der Waals surface area contributed by atoms with Crippen LogP contribution < -0.4 is 0 Å². The van der Waals surface area contributed by atoms with E-state index >= 15 is 0 Å². The van der Waals surface area contributed by atoms with E-state index in [1.54, 1.807) is 0 Å². The van der Waals surface area contributed by atoms with Gasteiger partial charge in [-0.2, -0.15) is 0 Å². The minimum atomic E-state index is 0.175. The standard InChI is InChI=1S/C12H23NO2/c1-2-13(9-6-10-14)12(15)11-7-4-3-5-8-11/h11,14H,2-10H2,1H3. The number of aliphatic hydroxyl groups excluding tert-OH is 1. The van der Waals surface area contributed by atoms with Crippen LogP contribution in [-0.4, -0.2) is 35.6 Å². The van der Waals surface area contributed by atoms with E-state index in [-0.39, 0.29) is 12.5 Å². The molecule has 1 fully saturated rings. The number of hydrogen-bond donors (Lipinski definition) is 1. The molecule has 15 heavy (non-hydrogen) atoms. The van der Waals surface area contributed by atoms with Gasteiger partial charge in [0.15, 0.2) is 0 Å². The first-order valence-electron chi connectivity index (χ1n) is 6.19. The zero-order chi connectivity index (χ0) is 11.1. The Kier molecular flexibility index (Phi) is 5.69. The van der Waals surface area contributed by atoms with E-state index in [9.17, 15) is 4.79 Å². The van der Waals surface area contributed by atoms with Crippen LogP contribution >= 0.6 is 0 Å². The Hall–Kier alpha value is -0.570. The van der Waals surface area contributed by atoms with Gasteiger partial charge in [-0.15, -0.1) is 0 Å². The summed E-state index contributed by atoms with van der Waals surface area (Å²) in [7, 11) is 0. The van der Waals surface area contributed by atoms with Crippen LogP contribution in [-0.2, 0) is 4.79 Å². The zero-order valence-electron chi connectivity index (χ0n) is 9.74. The number of carbonyl (C=O) groups excluding carboxylic acids is 1. The van der Waals surface area contributed by atoms with Crippen molar-refractivity contribution in [3.63, 3.8) is 0 Å². The third-order valence-corrected chi connectivity index (χ3v) is 3.23. The summed E-state index contributed by atoms with van der Waals surface area (Å²) < 4.78 is 0. The average molecular weight is 213 g/mol. The number of aliphatic hydroxyl groups is 1. The van der Waals surface area contributed by atoms with Crippen LogP contribution in [0.1, 0.15) is 45.4 Å². The summed E-state index contributed by atoms with van der Waals surface area (Å²) in [5, 5.41) is 8.76. The van der Waals surface area contributed by atoms with E-state index in [1.807, 2.05) is 11.8 Å². The van der Waals surface area contributed by atoms with Crippen molar-refractivity contribution in [2.45, 2.75) is 45.4 Å². The molecule has 0 aromatic carbocycles. The second-order valence-electron chi connectivity index (χ2n) is 4.33. The third-order valence-electron chi connectivity index (χ3n) is 3.23. The number of hydrogen-bond acceptors (Lipinski definition) is 2. The predicted octanol–water partition coefficient (Wildman–Crippen LogP) is 1.80. The highest BCUT2D eigenvalue weighted by atomic mass is 16.3. The quantitative estimate of drug-likeness (QED) is 0.756. The fourth-order valence-electron chi connectivity index (χ4n) is 2.29. The molecule has 0 aromatic rings. The molecule has 0 atom stereocenters. The molecular formula is C12H23NO2. The Balaban J connectivity index is 2.40. The molecule has 0 aliphatic heterocycles. The van der Waals surface area contributed by atoms with E-state index in [0.29, 0.717) is 18.9 Å². The smallest absolute Gasteiger partial charge is 0.225 e. The molecule has 1 aliphatic carbocycles. The highest BCUT2D eigenvalue weighted by Crippen LogP contribution is 2.25. The molecule has 3 nitrogen and oxygen atoms in total. The molecule has 88 valence electrons. The molecule has 0 unspecified atom stereocenters. The monoisotopic (exact) mass is 213 g/mol. The molecule has 0 bridgehead atoms. The van der Waals surface area contributed by atoms with E-state index in [2.05, 4.69) is 0 Å². The molecule has 0 aromatic heterocycles. The Morgan fingerprint density at radius 2 is 2.00 bits per heavy atom. The molecule has 0 spiro atoms. The van der Waals surface area contributed by atoms with Gasteiger partial charge >= 0.3 is 0 Å². The minimum Gasteiger partial charge on any atom is -0.396 e. The lowest BCUT2D eigenvalue weighted by atomic mass is 9.88. The van der Waals surface area contributed by atoms with Gasteiger partial charge in [-0.05, 0) is 26.2 Å². The van der Waals surface area contributed by atoms with Crippen molar-refractivity contribution in [3.05, 3.63) is 0 Å². The summed E-state index contributed by atoms with van der Waals surface area (Å²) in [6.07, 6.45) is 6.52. The van der Waals surface area contributed by atoms with Gasteiger partial charge in [0.2, 0.25) is 5.91 Å². The molecule has 1 N–H and O–H groups in total. The van der Waals surface area contributed by atoms with E-state index in [4.69, 9.17) is 5.11 Å². The molecular weight excluding hydrogens is 190 g/mol. The van der Waals surface area contributed by atoms with Gasteiger partial charge in [0, 0.05) is 25.6 Å². The van der Waals surface area contributed by atoms with Crippen LogP contribution in [0.3, 0.4) is 0 Å². The molecule has 1 amide bonds. The van der Waals surface area contributed by atoms with Gasteiger partial charge < -0.3 is 10.0 Å². The fourth-order valence-corrected chi connectivity index (χ4v) is 2.29. The minimum absolute atomic E-state index is 0.175. The van der Waals surface area contributed by atoms with Gasteiger partial charge in [0.1, 0.15) is 0 Å². The van der Waals surface area contributed by atoms with Gasteiger partial charge in [0.05, 0.1) is 0 Å². The molecule has 1 saturated carbocycles. The summed E-state index contributed by atoms with van der Waals surface area (Å²) in [5.74, 6) is 0.572. The van der Waals surface area contributed by atoms with Crippen molar-refractivity contribution < 1.29 is 9.90 Å². The topological polar surface area (TPSA) is 40.5 Å². The lowest BCUT2D eigenvalue weighted by molar-refractivity contribution is -0.136. The summed E-state index contributed by atoms with van der Waals surface area (Å²) in [6, 6.07) is 0. The maximum atomic E-state index is 12.1. The van der Waals surface area contributed by atoms with Crippen LogP contribution in [0.25, 0.3) is 0 Å². The number of carbonyl (C=O) groups is 1. The molecule has 3 heteroatoms. The van der Waals surface area contributed by atoms with Crippen LogP contribution in [0.2, 0.25) is 0 Å². The van der Waals surface area contributed by atoms with Crippen LogP contribution in [0.4, 0.5) is 0 Å². The van der Waals surface area contributed by atoms with Gasteiger partial charge in [-0.25, -0.2) is 0 Å². The molecule has 0 saturated heterocycles. The molecule has 1 aliphatic rings. The van der Waals surface area contributed by atoms with Gasteiger partial charge in [-0.3, -0.25) is 4.79 Å². The van der Waals surface area contributed by atoms with Crippen LogP contribution in [0.5, 0.6) is 0 Å². The second kappa shape index (κ2) is 6.83. The van der Waals surface area contributed by atoms with E-state index in [1.165, 1.54) is 19.3 Å². The van der Waals surface area contributed by atoms with Crippen molar-refractivity contribution in [3.8, 4) is 0 Å². The van der Waals surface area contributed by atoms with Crippen molar-refractivity contribution in [1.82, 2.24) is 4.90 Å². The molecule has 0 radical (unpaired) electrons. The zero-order valence-corrected chi connectivity index (χ0v) is 9.74. The Bertz CT molecular complexity index is 188. The average Bonchev–Trinajstić information content (AvgIpc) is 2.31. The van der Waals surface area contributed by atoms with Gasteiger partial charge in [0.25, 0.3) is 0 Å². The second-order valence-corrected chi connectivity index (χ2v) is 4.33. The first kappa shape index (κ1) is 12.5. The fraction of sp³-hybridized carbons (Fsp3) is 0.917. The maximum Gasteiger partial charge on any atom is 0.225 e. The van der Waals surface area contributed by atoms with E-state index in [0.717, 1.165) is 19.4 Å². The Labute approximate surface area is 92.5 Å². The number of amides is 1. The lowest BCUT2D eigenvalue weighted by Gasteiger charge is -2.28. The normalized spacial score (nSPS) is 17.7. The first-order chi connectivity index (χ1) is 7.29. The van der Waals surface area contributed by atoms with Crippen molar-refractivity contribution in [1.29, 1.82) is 0 Å². The summed E-state index contributed by atoms with van der Waals surface area (Å²) in [5.41, 5.74) is 0. The lowest BCUT2D eigenvalue weighted by Crippen LogP contribution is -2.37. The first-order valence-corrected chi connectivity index (χ1v) is 6.19. The van der Waals surface area contributed by atoms with Crippen molar-refractivity contribution >= 4 is 5.91 Å². The largest absolute Gasteiger partial charge is 0.396 e. The highest BCUT2D eigenvalue weighted by Gasteiger charge is 2.24. The molecule has 1 rings (SSSR count). The summed E-state index contributed by atoms with van der Waals surface area (Å²) in [4.78, 5) is 14.0. The van der Waals surface area contributed by atoms with Crippen molar-refractivity contribution in [2.24, 2.45) is 5.92 Å². The SMILES string of the molecule is CCN(CCCO)C(=O)C1CCCCC1. The highest BCUT2D eigenvalue weighted by molar-refractivity contribution is 5.78. The third kappa shape index (κ3) is 3.82. The summed E-state index contributed by atoms with van der Waals surface area (Å²) >= 11 is 0. The number of nitrogens with zero attached hydrogens (tertiary/aromatic N) is 1. The summed E-state index contributed by atoms with van der Waals surface area (Å²) in [6.45, 7) is 3.67. The Morgan fingerprint density at radius 3 is 2.53 bits per heavy atom. The number of rotatable bonds is 5. The van der Waals surface area contributed by atoms with Crippen LogP contribution in [0.15, 0.2) is 0 Å². The Morgan fingerprint density at radius 1 is 1.33 bits per heavy atom. The van der Waals surface area contributed by atoms with Crippen LogP contribution in [0, 0.1) is 5.92 Å². The molecule has 0 heterocycles. The predicted molar refractivity (Wildman–Crippen MR) is 60.5 cm³/mol. The maximum absolute atomic E-state index is 12.1. The van der Waals surface area contributed by atoms with Crippen molar-refractivity contribution in [2.75, 3.05) is 19.7 Å².